The maximum absolute atomic E-state index is 10.9. The molecule has 2 nitrogen and oxygen atoms in total. The molecule has 0 aliphatic heterocycles. The fraction of sp³-hybridized carbons (Fsp3) is 0.222. The first-order valence-corrected chi connectivity index (χ1v) is 4.75. The van der Waals surface area contributed by atoms with Gasteiger partial charge in [-0.15, -0.1) is 11.8 Å². The van der Waals surface area contributed by atoms with Crippen molar-refractivity contribution in [2.75, 3.05) is 6.26 Å². The molecule has 0 aliphatic rings. The van der Waals surface area contributed by atoms with E-state index in [1.807, 2.05) is 6.26 Å². The quantitative estimate of drug-likeness (QED) is 0.563. The molecule has 0 saturated carbocycles. The average Bonchev–Trinajstić information content (AvgIpc) is 2.04. The van der Waals surface area contributed by atoms with Crippen molar-refractivity contribution in [3.8, 4) is 5.75 Å². The van der Waals surface area contributed by atoms with Crippen molar-refractivity contribution in [2.45, 2.75) is 11.8 Å². The zero-order chi connectivity index (χ0) is 9.14. The van der Waals surface area contributed by atoms with E-state index < -0.39 is 0 Å². The molecular formula is C9H10O2S. The molecule has 12 heavy (non-hydrogen) atoms. The standard InChI is InChI=1S/C9H10O2S/c1-6(10)7-3-4-9(12-2)8(11)5-7/h3-5,11H,1-2H3. The molecule has 1 rings (SSSR count). The summed E-state index contributed by atoms with van der Waals surface area (Å²) >= 11 is 1.45. The van der Waals surface area contributed by atoms with Gasteiger partial charge >= 0.3 is 0 Å². The molecule has 1 N–H and O–H groups in total. The number of benzene rings is 1. The Morgan fingerprint density at radius 3 is 2.58 bits per heavy atom. The van der Waals surface area contributed by atoms with E-state index in [4.69, 9.17) is 0 Å². The zero-order valence-corrected chi connectivity index (χ0v) is 7.81. The van der Waals surface area contributed by atoms with E-state index in [0.29, 0.717) is 5.56 Å². The fourth-order valence-electron chi connectivity index (χ4n) is 0.909. The molecule has 0 amide bonds. The highest BCUT2D eigenvalue weighted by Crippen LogP contribution is 2.27. The van der Waals surface area contributed by atoms with E-state index in [0.717, 1.165) is 4.90 Å². The van der Waals surface area contributed by atoms with E-state index in [9.17, 15) is 9.90 Å². The third kappa shape index (κ3) is 1.80. The minimum atomic E-state index is -0.0297. The molecule has 0 saturated heterocycles. The summed E-state index contributed by atoms with van der Waals surface area (Å²) in [7, 11) is 0. The third-order valence-corrected chi connectivity index (χ3v) is 2.37. The van der Waals surface area contributed by atoms with E-state index in [2.05, 4.69) is 0 Å². The first kappa shape index (κ1) is 9.13. The largest absolute Gasteiger partial charge is 0.507 e. The molecule has 0 unspecified atom stereocenters. The average molecular weight is 182 g/mol. The van der Waals surface area contributed by atoms with Crippen molar-refractivity contribution in [2.24, 2.45) is 0 Å². The number of phenolic OH excluding ortho intramolecular Hbond substituents is 1. The lowest BCUT2D eigenvalue weighted by atomic mass is 10.1. The summed E-state index contributed by atoms with van der Waals surface area (Å²) in [6, 6.07) is 4.96. The van der Waals surface area contributed by atoms with Crippen molar-refractivity contribution in [1.29, 1.82) is 0 Å². The predicted octanol–water partition coefficient (Wildman–Crippen LogP) is 2.32. The van der Waals surface area contributed by atoms with E-state index in [1.165, 1.54) is 24.8 Å². The highest BCUT2D eigenvalue weighted by molar-refractivity contribution is 7.98. The van der Waals surface area contributed by atoms with Gasteiger partial charge in [-0.2, -0.15) is 0 Å². The summed E-state index contributed by atoms with van der Waals surface area (Å²) in [4.78, 5) is 11.7. The number of hydrogen-bond acceptors (Lipinski definition) is 3. The number of Topliss-reactive ketones (excluding diaryl/α,β-unsaturated/α-hetero) is 1. The number of ketones is 1. The van der Waals surface area contributed by atoms with Gasteiger partial charge in [0.05, 0.1) is 0 Å². The monoisotopic (exact) mass is 182 g/mol. The highest BCUT2D eigenvalue weighted by Gasteiger charge is 2.03. The number of phenols is 1. The normalized spacial score (nSPS) is 9.83. The van der Waals surface area contributed by atoms with E-state index in [1.54, 1.807) is 12.1 Å². The Bertz CT molecular complexity index is 307. The molecular weight excluding hydrogens is 172 g/mol. The maximum atomic E-state index is 10.9. The first-order chi connectivity index (χ1) is 5.65. The molecule has 0 radical (unpaired) electrons. The van der Waals surface area contributed by atoms with Gasteiger partial charge in [0, 0.05) is 10.5 Å². The molecule has 0 bridgehead atoms. The molecule has 64 valence electrons. The first-order valence-electron chi connectivity index (χ1n) is 3.53. The van der Waals surface area contributed by atoms with Crippen molar-refractivity contribution >= 4 is 17.5 Å². The van der Waals surface area contributed by atoms with Crippen LogP contribution in [-0.4, -0.2) is 17.1 Å². The van der Waals surface area contributed by atoms with Gasteiger partial charge in [-0.1, -0.05) is 6.07 Å². The number of aromatic hydroxyl groups is 1. The summed E-state index contributed by atoms with van der Waals surface area (Å²) < 4.78 is 0. The lowest BCUT2D eigenvalue weighted by molar-refractivity contribution is 0.101. The molecule has 1 aromatic carbocycles. The second kappa shape index (κ2) is 3.63. The van der Waals surface area contributed by atoms with Gasteiger partial charge in [0.1, 0.15) is 5.75 Å². The van der Waals surface area contributed by atoms with Crippen LogP contribution in [0.4, 0.5) is 0 Å². The lowest BCUT2D eigenvalue weighted by Crippen LogP contribution is -1.90. The molecule has 0 aliphatic carbocycles. The van der Waals surface area contributed by atoms with E-state index in [-0.39, 0.29) is 11.5 Å². The van der Waals surface area contributed by atoms with Crippen LogP contribution in [0.1, 0.15) is 17.3 Å². The van der Waals surface area contributed by atoms with Crippen molar-refractivity contribution in [3.05, 3.63) is 23.8 Å². The molecule has 0 spiro atoms. The zero-order valence-electron chi connectivity index (χ0n) is 7.00. The summed E-state index contributed by atoms with van der Waals surface area (Å²) in [5, 5.41) is 9.37. The molecule has 0 aromatic heterocycles. The summed E-state index contributed by atoms with van der Waals surface area (Å²) in [5.74, 6) is 0.146. The van der Waals surface area contributed by atoms with Gasteiger partial charge in [-0.05, 0) is 25.3 Å². The van der Waals surface area contributed by atoms with Gasteiger partial charge in [0.15, 0.2) is 5.78 Å². The van der Waals surface area contributed by atoms with Crippen LogP contribution >= 0.6 is 11.8 Å². The number of hydrogen-bond donors (Lipinski definition) is 1. The van der Waals surface area contributed by atoms with Crippen LogP contribution in [0, 0.1) is 0 Å². The van der Waals surface area contributed by atoms with Crippen LogP contribution in [0.15, 0.2) is 23.1 Å². The van der Waals surface area contributed by atoms with Crippen LogP contribution < -0.4 is 0 Å². The Morgan fingerprint density at radius 1 is 1.50 bits per heavy atom. The highest BCUT2D eigenvalue weighted by atomic mass is 32.2. The summed E-state index contributed by atoms with van der Waals surface area (Å²) in [5.41, 5.74) is 0.547. The number of carbonyl (C=O) groups is 1. The van der Waals surface area contributed by atoms with Crippen molar-refractivity contribution in [3.63, 3.8) is 0 Å². The third-order valence-electron chi connectivity index (χ3n) is 1.59. The van der Waals surface area contributed by atoms with Crippen LogP contribution in [0.2, 0.25) is 0 Å². The second-order valence-corrected chi connectivity index (χ2v) is 3.29. The van der Waals surface area contributed by atoms with Gasteiger partial charge < -0.3 is 5.11 Å². The van der Waals surface area contributed by atoms with Crippen molar-refractivity contribution < 1.29 is 9.90 Å². The SMILES string of the molecule is CSc1ccc(C(C)=O)cc1O. The minimum absolute atomic E-state index is 0.0297. The van der Waals surface area contributed by atoms with Gasteiger partial charge in [-0.3, -0.25) is 4.79 Å². The van der Waals surface area contributed by atoms with Crippen LogP contribution in [0.25, 0.3) is 0 Å². The number of thioether (sulfide) groups is 1. The van der Waals surface area contributed by atoms with Crippen LogP contribution in [-0.2, 0) is 0 Å². The van der Waals surface area contributed by atoms with Crippen LogP contribution in [0.3, 0.4) is 0 Å². The predicted molar refractivity (Wildman–Crippen MR) is 49.9 cm³/mol. The van der Waals surface area contributed by atoms with E-state index >= 15 is 0 Å². The summed E-state index contributed by atoms with van der Waals surface area (Å²) in [6.07, 6.45) is 1.88. The Kier molecular flexibility index (Phi) is 2.76. The minimum Gasteiger partial charge on any atom is -0.507 e. The second-order valence-electron chi connectivity index (χ2n) is 2.44. The Balaban J connectivity index is 3.10. The Morgan fingerprint density at radius 2 is 2.17 bits per heavy atom. The Hall–Kier alpha value is -0.960. The van der Waals surface area contributed by atoms with Gasteiger partial charge in [-0.25, -0.2) is 0 Å². The molecule has 1 aromatic rings. The smallest absolute Gasteiger partial charge is 0.159 e. The molecule has 3 heteroatoms. The van der Waals surface area contributed by atoms with Crippen LogP contribution in [0.5, 0.6) is 5.75 Å². The van der Waals surface area contributed by atoms with Gasteiger partial charge in [0.2, 0.25) is 0 Å². The number of carbonyl (C=O) groups excluding carboxylic acids is 1. The topological polar surface area (TPSA) is 37.3 Å². The van der Waals surface area contributed by atoms with Crippen molar-refractivity contribution in [1.82, 2.24) is 0 Å². The van der Waals surface area contributed by atoms with Gasteiger partial charge in [0.25, 0.3) is 0 Å². The Labute approximate surface area is 75.6 Å². The molecule has 0 heterocycles. The number of rotatable bonds is 2. The molecule has 0 fully saturated rings. The molecule has 0 atom stereocenters. The lowest BCUT2D eigenvalue weighted by Gasteiger charge is -2.01. The maximum Gasteiger partial charge on any atom is 0.159 e. The summed E-state index contributed by atoms with van der Waals surface area (Å²) in [6.45, 7) is 1.48. The fourth-order valence-corrected chi connectivity index (χ4v) is 1.38.